The van der Waals surface area contributed by atoms with E-state index in [1.807, 2.05) is 13.0 Å². The van der Waals surface area contributed by atoms with Crippen molar-refractivity contribution in [2.45, 2.75) is 38.0 Å². The minimum atomic E-state index is -0.144. The second-order valence-corrected chi connectivity index (χ2v) is 5.54. The normalized spacial score (nSPS) is 19.0. The molecule has 16 heavy (non-hydrogen) atoms. The third-order valence-corrected chi connectivity index (χ3v) is 4.79. The van der Waals surface area contributed by atoms with E-state index < -0.39 is 0 Å². The van der Waals surface area contributed by atoms with Crippen LogP contribution in [-0.2, 0) is 5.41 Å². The van der Waals surface area contributed by atoms with Gasteiger partial charge in [0, 0.05) is 22.0 Å². The first-order valence-electron chi connectivity index (χ1n) is 5.76. The summed E-state index contributed by atoms with van der Waals surface area (Å²) in [5.41, 5.74) is 7.64. The van der Waals surface area contributed by atoms with Crippen molar-refractivity contribution in [3.05, 3.63) is 33.5 Å². The van der Waals surface area contributed by atoms with E-state index in [2.05, 4.69) is 15.9 Å². The zero-order valence-electron chi connectivity index (χ0n) is 9.52. The predicted octanol–water partition coefficient (Wildman–Crippen LogP) is 3.67. The van der Waals surface area contributed by atoms with Crippen molar-refractivity contribution in [3.8, 4) is 0 Å². The number of benzene rings is 1. The molecule has 0 bridgehead atoms. The standard InChI is InChI=1S/C13H17BrFN/c1-9-4-5-10(15)11(12(9)14)13(8-16)6-2-3-7-13/h4-5H,2-3,6-8,16H2,1H3. The molecular formula is C13H17BrFN. The topological polar surface area (TPSA) is 26.0 Å². The van der Waals surface area contributed by atoms with Crippen LogP contribution in [0.2, 0.25) is 0 Å². The molecule has 1 nitrogen and oxygen atoms in total. The Kier molecular flexibility index (Phi) is 3.36. The van der Waals surface area contributed by atoms with Crippen LogP contribution in [0, 0.1) is 12.7 Å². The number of aryl methyl sites for hydroxylation is 1. The van der Waals surface area contributed by atoms with Gasteiger partial charge in [-0.2, -0.15) is 0 Å². The molecule has 1 saturated carbocycles. The van der Waals surface area contributed by atoms with Gasteiger partial charge in [0.2, 0.25) is 0 Å². The summed E-state index contributed by atoms with van der Waals surface area (Å²) in [4.78, 5) is 0. The summed E-state index contributed by atoms with van der Waals surface area (Å²) in [5, 5.41) is 0. The average Bonchev–Trinajstić information content (AvgIpc) is 2.74. The Hall–Kier alpha value is -0.410. The number of halogens is 2. The second-order valence-electron chi connectivity index (χ2n) is 4.74. The van der Waals surface area contributed by atoms with Gasteiger partial charge < -0.3 is 5.73 Å². The van der Waals surface area contributed by atoms with E-state index >= 15 is 0 Å². The van der Waals surface area contributed by atoms with Crippen LogP contribution in [0.5, 0.6) is 0 Å². The maximum atomic E-state index is 14.0. The van der Waals surface area contributed by atoms with Gasteiger partial charge in [0.05, 0.1) is 0 Å². The minimum Gasteiger partial charge on any atom is -0.330 e. The van der Waals surface area contributed by atoms with Gasteiger partial charge in [-0.15, -0.1) is 0 Å². The molecule has 1 aromatic rings. The summed E-state index contributed by atoms with van der Waals surface area (Å²) < 4.78 is 14.9. The summed E-state index contributed by atoms with van der Waals surface area (Å²) in [6.07, 6.45) is 4.30. The molecule has 0 amide bonds. The number of hydrogen-bond acceptors (Lipinski definition) is 1. The SMILES string of the molecule is Cc1ccc(F)c(C2(CN)CCCC2)c1Br. The van der Waals surface area contributed by atoms with E-state index in [-0.39, 0.29) is 11.2 Å². The summed E-state index contributed by atoms with van der Waals surface area (Å²) in [7, 11) is 0. The molecule has 0 saturated heterocycles. The zero-order chi connectivity index (χ0) is 11.8. The first-order valence-corrected chi connectivity index (χ1v) is 6.55. The fourth-order valence-electron chi connectivity index (χ4n) is 2.75. The lowest BCUT2D eigenvalue weighted by Crippen LogP contribution is -2.33. The van der Waals surface area contributed by atoms with E-state index in [9.17, 15) is 4.39 Å². The Morgan fingerprint density at radius 1 is 1.38 bits per heavy atom. The van der Waals surface area contributed by atoms with Gasteiger partial charge in [0.1, 0.15) is 5.82 Å². The molecule has 1 aromatic carbocycles. The molecule has 0 radical (unpaired) electrons. The summed E-state index contributed by atoms with van der Waals surface area (Å²) >= 11 is 3.52. The van der Waals surface area contributed by atoms with Crippen molar-refractivity contribution in [1.29, 1.82) is 0 Å². The van der Waals surface area contributed by atoms with Crippen molar-refractivity contribution in [2.75, 3.05) is 6.54 Å². The fourth-order valence-corrected chi connectivity index (χ4v) is 3.49. The Labute approximate surface area is 104 Å². The van der Waals surface area contributed by atoms with Crippen LogP contribution in [-0.4, -0.2) is 6.54 Å². The van der Waals surface area contributed by atoms with E-state index in [0.29, 0.717) is 6.54 Å². The quantitative estimate of drug-likeness (QED) is 0.882. The maximum absolute atomic E-state index is 14.0. The first kappa shape index (κ1) is 12.1. The molecule has 0 unspecified atom stereocenters. The van der Waals surface area contributed by atoms with Crippen LogP contribution in [0.15, 0.2) is 16.6 Å². The van der Waals surface area contributed by atoms with Crippen molar-refractivity contribution in [2.24, 2.45) is 5.73 Å². The van der Waals surface area contributed by atoms with Gasteiger partial charge >= 0.3 is 0 Å². The number of nitrogens with two attached hydrogens (primary N) is 1. The lowest BCUT2D eigenvalue weighted by atomic mass is 9.78. The predicted molar refractivity (Wildman–Crippen MR) is 68.0 cm³/mol. The summed E-state index contributed by atoms with van der Waals surface area (Å²) in [5.74, 6) is -0.121. The van der Waals surface area contributed by atoms with Gasteiger partial charge in [0.15, 0.2) is 0 Å². The Bertz CT molecular complexity index is 397. The third-order valence-electron chi connectivity index (χ3n) is 3.77. The largest absolute Gasteiger partial charge is 0.330 e. The molecule has 88 valence electrons. The van der Waals surface area contributed by atoms with E-state index in [1.54, 1.807) is 6.07 Å². The molecule has 1 aliphatic rings. The van der Waals surface area contributed by atoms with E-state index in [1.165, 1.54) is 0 Å². The van der Waals surface area contributed by atoms with E-state index in [4.69, 9.17) is 5.73 Å². The fraction of sp³-hybridized carbons (Fsp3) is 0.538. The van der Waals surface area contributed by atoms with Crippen LogP contribution in [0.25, 0.3) is 0 Å². The van der Waals surface area contributed by atoms with Crippen LogP contribution in [0.4, 0.5) is 4.39 Å². The highest BCUT2D eigenvalue weighted by molar-refractivity contribution is 9.10. The second kappa shape index (κ2) is 4.46. The molecule has 0 spiro atoms. The molecule has 2 rings (SSSR count). The van der Waals surface area contributed by atoms with Crippen molar-refractivity contribution in [1.82, 2.24) is 0 Å². The van der Waals surface area contributed by atoms with Crippen LogP contribution in [0.1, 0.15) is 36.8 Å². The molecular weight excluding hydrogens is 269 g/mol. The molecule has 0 aliphatic heterocycles. The molecule has 0 atom stereocenters. The monoisotopic (exact) mass is 285 g/mol. The molecule has 0 aromatic heterocycles. The highest BCUT2D eigenvalue weighted by atomic mass is 79.9. The highest BCUT2D eigenvalue weighted by Gasteiger charge is 2.38. The molecule has 1 aliphatic carbocycles. The van der Waals surface area contributed by atoms with Gasteiger partial charge in [-0.1, -0.05) is 34.8 Å². The summed E-state index contributed by atoms with van der Waals surface area (Å²) in [6.45, 7) is 2.53. The molecule has 0 heterocycles. The van der Waals surface area contributed by atoms with E-state index in [0.717, 1.165) is 41.3 Å². The van der Waals surface area contributed by atoms with Crippen molar-refractivity contribution < 1.29 is 4.39 Å². The van der Waals surface area contributed by atoms with Crippen LogP contribution < -0.4 is 5.73 Å². The Morgan fingerprint density at radius 2 is 2.00 bits per heavy atom. The number of hydrogen-bond donors (Lipinski definition) is 1. The number of rotatable bonds is 2. The lowest BCUT2D eigenvalue weighted by Gasteiger charge is -2.30. The first-order chi connectivity index (χ1) is 7.60. The van der Waals surface area contributed by atoms with Gasteiger partial charge in [-0.25, -0.2) is 4.39 Å². The van der Waals surface area contributed by atoms with Crippen molar-refractivity contribution >= 4 is 15.9 Å². The summed E-state index contributed by atoms with van der Waals surface area (Å²) in [6, 6.07) is 3.37. The van der Waals surface area contributed by atoms with Crippen molar-refractivity contribution in [3.63, 3.8) is 0 Å². The highest BCUT2D eigenvalue weighted by Crippen LogP contribution is 2.44. The van der Waals surface area contributed by atoms with Gasteiger partial charge in [-0.3, -0.25) is 0 Å². The lowest BCUT2D eigenvalue weighted by molar-refractivity contribution is 0.424. The zero-order valence-corrected chi connectivity index (χ0v) is 11.1. The molecule has 1 fully saturated rings. The van der Waals surface area contributed by atoms with Gasteiger partial charge in [-0.05, 0) is 31.4 Å². The molecule has 2 N–H and O–H groups in total. The van der Waals surface area contributed by atoms with Crippen LogP contribution in [0.3, 0.4) is 0 Å². The smallest absolute Gasteiger partial charge is 0.128 e. The maximum Gasteiger partial charge on any atom is 0.128 e. The van der Waals surface area contributed by atoms with Crippen LogP contribution >= 0.6 is 15.9 Å². The third kappa shape index (κ3) is 1.80. The average molecular weight is 286 g/mol. The molecule has 3 heteroatoms. The Balaban J connectivity index is 2.57. The van der Waals surface area contributed by atoms with Gasteiger partial charge in [0.25, 0.3) is 0 Å². The minimum absolute atomic E-state index is 0.121. The Morgan fingerprint density at radius 3 is 2.56 bits per heavy atom.